The summed E-state index contributed by atoms with van der Waals surface area (Å²) in [6, 6.07) is 12.1. The van der Waals surface area contributed by atoms with Crippen molar-refractivity contribution in [2.75, 3.05) is 45.9 Å². The van der Waals surface area contributed by atoms with Gasteiger partial charge in [-0.15, -0.1) is 0 Å². The quantitative estimate of drug-likeness (QED) is 0.646. The number of ether oxygens (including phenoxy) is 3. The van der Waals surface area contributed by atoms with E-state index >= 15 is 0 Å². The predicted molar refractivity (Wildman–Crippen MR) is 123 cm³/mol. The van der Waals surface area contributed by atoms with Crippen molar-refractivity contribution >= 4 is 23.1 Å². The number of carbonyl (C=O) groups excluding carboxylic acids is 2. The highest BCUT2D eigenvalue weighted by molar-refractivity contribution is 6.45. The SMILES string of the molecule is COc1ccc(C2=C(N3CCCC(CO)C3)C(=O)N(c3ccc(OC)c(OC)c3)C2=O)cc1. The Hall–Kier alpha value is -3.52. The van der Waals surface area contributed by atoms with Crippen molar-refractivity contribution in [2.24, 2.45) is 5.92 Å². The second-order valence-electron chi connectivity index (χ2n) is 8.07. The third-order valence-electron chi connectivity index (χ3n) is 6.16. The molecule has 8 heteroatoms. The minimum absolute atomic E-state index is 0.0448. The number of imide groups is 1. The van der Waals surface area contributed by atoms with Gasteiger partial charge in [-0.2, -0.15) is 0 Å². The van der Waals surface area contributed by atoms with Crippen LogP contribution in [0.5, 0.6) is 17.2 Å². The maximum atomic E-state index is 13.7. The first-order valence-corrected chi connectivity index (χ1v) is 10.9. The maximum absolute atomic E-state index is 13.7. The van der Waals surface area contributed by atoms with Gasteiger partial charge in [0.1, 0.15) is 11.4 Å². The van der Waals surface area contributed by atoms with Crippen LogP contribution in [0.4, 0.5) is 5.69 Å². The molecule has 33 heavy (non-hydrogen) atoms. The van der Waals surface area contributed by atoms with Crippen LogP contribution in [0.2, 0.25) is 0 Å². The second-order valence-corrected chi connectivity index (χ2v) is 8.07. The Bertz CT molecular complexity index is 1080. The first kappa shape index (κ1) is 22.7. The van der Waals surface area contributed by atoms with Gasteiger partial charge in [0.15, 0.2) is 11.5 Å². The summed E-state index contributed by atoms with van der Waals surface area (Å²) < 4.78 is 15.9. The van der Waals surface area contributed by atoms with Crippen LogP contribution in [0.1, 0.15) is 18.4 Å². The number of carbonyl (C=O) groups is 2. The number of amides is 2. The Morgan fingerprint density at radius 2 is 1.67 bits per heavy atom. The Labute approximate surface area is 193 Å². The summed E-state index contributed by atoms with van der Waals surface area (Å²) in [5.74, 6) is 0.850. The molecule has 1 N–H and O–H groups in total. The second kappa shape index (κ2) is 9.54. The molecule has 174 valence electrons. The van der Waals surface area contributed by atoms with Crippen LogP contribution in [0.15, 0.2) is 48.2 Å². The number of aliphatic hydroxyl groups excluding tert-OH is 1. The van der Waals surface area contributed by atoms with E-state index in [2.05, 4.69) is 0 Å². The Kier molecular flexibility index (Phi) is 6.55. The number of aliphatic hydroxyl groups is 1. The molecule has 0 spiro atoms. The van der Waals surface area contributed by atoms with E-state index in [0.29, 0.717) is 52.9 Å². The van der Waals surface area contributed by atoms with Gasteiger partial charge in [-0.05, 0) is 48.6 Å². The number of methoxy groups -OCH3 is 3. The highest BCUT2D eigenvalue weighted by atomic mass is 16.5. The maximum Gasteiger partial charge on any atom is 0.282 e. The molecule has 1 saturated heterocycles. The summed E-state index contributed by atoms with van der Waals surface area (Å²) in [6.07, 6.45) is 1.72. The molecule has 2 aromatic carbocycles. The Morgan fingerprint density at radius 3 is 2.30 bits per heavy atom. The van der Waals surface area contributed by atoms with E-state index in [4.69, 9.17) is 14.2 Å². The molecule has 0 bridgehead atoms. The van der Waals surface area contributed by atoms with Crippen LogP contribution in [-0.4, -0.2) is 62.8 Å². The third kappa shape index (κ3) is 4.14. The number of hydrogen-bond acceptors (Lipinski definition) is 7. The first-order chi connectivity index (χ1) is 16.0. The van der Waals surface area contributed by atoms with Crippen LogP contribution in [0.3, 0.4) is 0 Å². The zero-order valence-corrected chi connectivity index (χ0v) is 19.0. The van der Waals surface area contributed by atoms with E-state index in [1.807, 2.05) is 4.90 Å². The van der Waals surface area contributed by atoms with Gasteiger partial charge in [-0.25, -0.2) is 4.90 Å². The first-order valence-electron chi connectivity index (χ1n) is 10.9. The third-order valence-corrected chi connectivity index (χ3v) is 6.16. The number of benzene rings is 2. The van der Waals surface area contributed by atoms with Crippen LogP contribution >= 0.6 is 0 Å². The lowest BCUT2D eigenvalue weighted by Crippen LogP contribution is -2.40. The summed E-state index contributed by atoms with van der Waals surface area (Å²) in [7, 11) is 4.61. The summed E-state index contributed by atoms with van der Waals surface area (Å²) in [4.78, 5) is 30.5. The van der Waals surface area contributed by atoms with Crippen molar-refractivity contribution < 1.29 is 28.9 Å². The fourth-order valence-electron chi connectivity index (χ4n) is 4.45. The number of hydrogen-bond donors (Lipinski definition) is 1. The molecule has 1 fully saturated rings. The van der Waals surface area contributed by atoms with Gasteiger partial charge in [-0.3, -0.25) is 9.59 Å². The van der Waals surface area contributed by atoms with Gasteiger partial charge in [0.2, 0.25) is 0 Å². The van der Waals surface area contributed by atoms with Crippen molar-refractivity contribution in [3.05, 3.63) is 53.7 Å². The fourth-order valence-corrected chi connectivity index (χ4v) is 4.45. The topological polar surface area (TPSA) is 88.5 Å². The molecule has 0 radical (unpaired) electrons. The summed E-state index contributed by atoms with van der Waals surface area (Å²) in [6.45, 7) is 1.21. The van der Waals surface area contributed by atoms with Crippen molar-refractivity contribution in [3.8, 4) is 17.2 Å². The highest BCUT2D eigenvalue weighted by Gasteiger charge is 2.43. The minimum Gasteiger partial charge on any atom is -0.497 e. The summed E-state index contributed by atoms with van der Waals surface area (Å²) in [5.41, 5.74) is 1.74. The molecular weight excluding hydrogens is 424 g/mol. The van der Waals surface area contributed by atoms with E-state index in [-0.39, 0.29) is 12.5 Å². The van der Waals surface area contributed by atoms with Gasteiger partial charge in [-0.1, -0.05) is 12.1 Å². The molecule has 0 saturated carbocycles. The van der Waals surface area contributed by atoms with E-state index in [9.17, 15) is 14.7 Å². The molecule has 2 aliphatic rings. The smallest absolute Gasteiger partial charge is 0.282 e. The zero-order valence-electron chi connectivity index (χ0n) is 19.0. The van der Waals surface area contributed by atoms with Crippen LogP contribution < -0.4 is 19.1 Å². The molecule has 1 unspecified atom stereocenters. The van der Waals surface area contributed by atoms with E-state index in [1.165, 1.54) is 19.1 Å². The standard InChI is InChI=1S/C25H28N2O6/c1-31-19-9-6-17(7-10-19)22-23(26-12-4-5-16(14-26)15-28)25(30)27(24(22)29)18-8-11-20(32-2)21(13-18)33-3/h6-11,13,16,28H,4-5,12,14-15H2,1-3H3. The van der Waals surface area contributed by atoms with Gasteiger partial charge in [0.05, 0.1) is 32.6 Å². The Morgan fingerprint density at radius 1 is 0.939 bits per heavy atom. The van der Waals surface area contributed by atoms with Gasteiger partial charge >= 0.3 is 0 Å². The average molecular weight is 453 g/mol. The van der Waals surface area contributed by atoms with Gasteiger partial charge in [0, 0.05) is 25.8 Å². The normalized spacial score (nSPS) is 18.7. The molecule has 2 aliphatic heterocycles. The summed E-state index contributed by atoms with van der Waals surface area (Å²) >= 11 is 0. The molecule has 0 aliphatic carbocycles. The van der Waals surface area contributed by atoms with Crippen molar-refractivity contribution in [2.45, 2.75) is 12.8 Å². The largest absolute Gasteiger partial charge is 0.497 e. The molecule has 0 aromatic heterocycles. The number of nitrogens with zero attached hydrogens (tertiary/aromatic N) is 2. The predicted octanol–water partition coefficient (Wildman–Crippen LogP) is 2.70. The van der Waals surface area contributed by atoms with E-state index in [0.717, 1.165) is 12.8 Å². The van der Waals surface area contributed by atoms with Crippen LogP contribution in [-0.2, 0) is 9.59 Å². The molecule has 2 heterocycles. The van der Waals surface area contributed by atoms with E-state index < -0.39 is 11.8 Å². The lowest BCUT2D eigenvalue weighted by molar-refractivity contribution is -0.120. The monoisotopic (exact) mass is 452 g/mol. The van der Waals surface area contributed by atoms with E-state index in [1.54, 1.807) is 49.6 Å². The molecule has 2 amide bonds. The van der Waals surface area contributed by atoms with Crippen LogP contribution in [0, 0.1) is 5.92 Å². The van der Waals surface area contributed by atoms with Gasteiger partial charge in [0.25, 0.3) is 11.8 Å². The molecule has 8 nitrogen and oxygen atoms in total. The number of rotatable bonds is 7. The lowest BCUT2D eigenvalue weighted by atomic mass is 9.97. The lowest BCUT2D eigenvalue weighted by Gasteiger charge is -2.34. The molecule has 1 atom stereocenters. The fraction of sp³-hybridized carbons (Fsp3) is 0.360. The van der Waals surface area contributed by atoms with Crippen LogP contribution in [0.25, 0.3) is 5.57 Å². The van der Waals surface area contributed by atoms with Crippen molar-refractivity contribution in [1.82, 2.24) is 4.90 Å². The van der Waals surface area contributed by atoms with Crippen molar-refractivity contribution in [1.29, 1.82) is 0 Å². The number of likely N-dealkylation sites (tertiary alicyclic amines) is 1. The number of anilines is 1. The summed E-state index contributed by atoms with van der Waals surface area (Å²) in [5, 5.41) is 9.70. The molecule has 4 rings (SSSR count). The average Bonchev–Trinajstić information content (AvgIpc) is 3.13. The zero-order chi connectivity index (χ0) is 23.5. The highest BCUT2D eigenvalue weighted by Crippen LogP contribution is 2.39. The molecule has 2 aromatic rings. The Balaban J connectivity index is 1.80. The molecular formula is C25H28N2O6. The van der Waals surface area contributed by atoms with Crippen molar-refractivity contribution in [3.63, 3.8) is 0 Å². The number of piperidine rings is 1. The minimum atomic E-state index is -0.404. The van der Waals surface area contributed by atoms with Gasteiger partial charge < -0.3 is 24.2 Å².